The number of halogens is 1. The molecule has 0 aromatic heterocycles. The molecule has 0 spiro atoms. The summed E-state index contributed by atoms with van der Waals surface area (Å²) < 4.78 is 0. The van der Waals surface area contributed by atoms with Gasteiger partial charge in [-0.2, -0.15) is 0 Å². The molecule has 0 fully saturated rings. The van der Waals surface area contributed by atoms with Gasteiger partial charge in [-0.05, 0) is 37.1 Å². The van der Waals surface area contributed by atoms with Crippen LogP contribution in [0.5, 0.6) is 0 Å². The van der Waals surface area contributed by atoms with Crippen LogP contribution in [0.2, 0.25) is 0 Å². The van der Waals surface area contributed by atoms with Gasteiger partial charge in [0.2, 0.25) is 0 Å². The Kier molecular flexibility index (Phi) is 4.57. The number of hydrogen-bond acceptors (Lipinski definition) is 1. The molecular formula is C13H13BrO2. The molecule has 1 aromatic carbocycles. The minimum Gasteiger partial charge on any atom is -0.478 e. The molecule has 0 saturated heterocycles. The van der Waals surface area contributed by atoms with E-state index in [0.717, 1.165) is 28.4 Å². The normalized spacial score (nSPS) is 9.44. The lowest BCUT2D eigenvalue weighted by Gasteiger charge is -2.05. The topological polar surface area (TPSA) is 37.3 Å². The summed E-state index contributed by atoms with van der Waals surface area (Å²) in [6.45, 7) is 3.60. The highest BCUT2D eigenvalue weighted by molar-refractivity contribution is 9.09. The summed E-state index contributed by atoms with van der Waals surface area (Å²) in [6, 6.07) is 3.63. The number of alkyl halides is 1. The zero-order chi connectivity index (χ0) is 12.1. The van der Waals surface area contributed by atoms with Crippen molar-refractivity contribution in [3.8, 4) is 11.8 Å². The van der Waals surface area contributed by atoms with Crippen LogP contribution in [-0.2, 0) is 0 Å². The van der Waals surface area contributed by atoms with E-state index in [2.05, 4.69) is 27.8 Å². The summed E-state index contributed by atoms with van der Waals surface area (Å²) in [6.07, 6.45) is 0.790. The predicted molar refractivity (Wildman–Crippen MR) is 68.2 cm³/mol. The Balaban J connectivity index is 3.11. The van der Waals surface area contributed by atoms with Gasteiger partial charge in [0.15, 0.2) is 0 Å². The van der Waals surface area contributed by atoms with Crippen molar-refractivity contribution in [2.75, 3.05) is 5.33 Å². The fourth-order valence-corrected chi connectivity index (χ4v) is 1.78. The average Bonchev–Trinajstić information content (AvgIpc) is 2.16. The number of aromatic carboxylic acids is 1. The Morgan fingerprint density at radius 1 is 1.38 bits per heavy atom. The first-order valence-corrected chi connectivity index (χ1v) is 6.07. The molecule has 84 valence electrons. The highest BCUT2D eigenvalue weighted by atomic mass is 79.9. The monoisotopic (exact) mass is 280 g/mol. The quantitative estimate of drug-likeness (QED) is 0.668. The van der Waals surface area contributed by atoms with Crippen LogP contribution in [0.1, 0.15) is 33.5 Å². The van der Waals surface area contributed by atoms with Gasteiger partial charge in [-0.1, -0.05) is 27.8 Å². The zero-order valence-corrected chi connectivity index (χ0v) is 10.9. The number of hydrogen-bond donors (Lipinski definition) is 1. The molecule has 0 aliphatic heterocycles. The average molecular weight is 281 g/mol. The Morgan fingerprint density at radius 3 is 2.38 bits per heavy atom. The first-order valence-electron chi connectivity index (χ1n) is 4.95. The van der Waals surface area contributed by atoms with Gasteiger partial charge in [0.05, 0.1) is 5.56 Å². The Bertz CT molecular complexity index is 444. The largest absolute Gasteiger partial charge is 0.478 e. The highest BCUT2D eigenvalue weighted by Gasteiger charge is 2.10. The Hall–Kier alpha value is -1.27. The second-order valence-corrected chi connectivity index (χ2v) is 4.32. The van der Waals surface area contributed by atoms with Crippen molar-refractivity contribution in [2.24, 2.45) is 0 Å². The molecule has 2 nitrogen and oxygen atoms in total. The van der Waals surface area contributed by atoms with Crippen LogP contribution < -0.4 is 0 Å². The van der Waals surface area contributed by atoms with Gasteiger partial charge >= 0.3 is 5.97 Å². The number of carboxylic acid groups (broad SMARTS) is 1. The maximum absolute atomic E-state index is 11.0. The van der Waals surface area contributed by atoms with Gasteiger partial charge in [-0.3, -0.25) is 0 Å². The van der Waals surface area contributed by atoms with Crippen molar-refractivity contribution in [3.05, 3.63) is 34.4 Å². The number of carbonyl (C=O) groups is 1. The molecule has 0 saturated carbocycles. The molecule has 1 N–H and O–H groups in total. The van der Waals surface area contributed by atoms with E-state index in [4.69, 9.17) is 5.11 Å². The highest BCUT2D eigenvalue weighted by Crippen LogP contribution is 2.16. The fourth-order valence-electron chi connectivity index (χ4n) is 1.58. The lowest BCUT2D eigenvalue weighted by Crippen LogP contribution is -2.03. The van der Waals surface area contributed by atoms with Gasteiger partial charge in [0.1, 0.15) is 0 Å². The molecule has 0 heterocycles. The van der Waals surface area contributed by atoms with Gasteiger partial charge < -0.3 is 5.11 Å². The van der Waals surface area contributed by atoms with E-state index >= 15 is 0 Å². The molecule has 0 atom stereocenters. The van der Waals surface area contributed by atoms with E-state index in [1.54, 1.807) is 13.8 Å². The Labute approximate surface area is 104 Å². The molecule has 0 bridgehead atoms. The summed E-state index contributed by atoms with van der Waals surface area (Å²) in [5.41, 5.74) is 2.78. The van der Waals surface area contributed by atoms with Crippen LogP contribution >= 0.6 is 15.9 Å². The van der Waals surface area contributed by atoms with Gasteiger partial charge in [0, 0.05) is 17.3 Å². The van der Waals surface area contributed by atoms with Crippen molar-refractivity contribution in [2.45, 2.75) is 20.3 Å². The van der Waals surface area contributed by atoms with Crippen LogP contribution in [0.3, 0.4) is 0 Å². The second-order valence-electron chi connectivity index (χ2n) is 3.53. The summed E-state index contributed by atoms with van der Waals surface area (Å²) in [5.74, 6) is 5.15. The standard InChI is InChI=1S/C13H13BrO2/c1-9-7-11(5-3-4-6-14)8-10(2)12(9)13(15)16/h7-8H,4,6H2,1-2H3,(H,15,16). The van der Waals surface area contributed by atoms with Crippen LogP contribution in [0, 0.1) is 25.7 Å². The zero-order valence-electron chi connectivity index (χ0n) is 9.30. The number of rotatable bonds is 2. The SMILES string of the molecule is Cc1cc(C#CCCBr)cc(C)c1C(=O)O. The van der Waals surface area contributed by atoms with E-state index in [0.29, 0.717) is 5.56 Å². The minimum atomic E-state index is -0.880. The third-order valence-electron chi connectivity index (χ3n) is 2.20. The molecule has 3 heteroatoms. The fraction of sp³-hybridized carbons (Fsp3) is 0.308. The van der Waals surface area contributed by atoms with Crippen LogP contribution in [0.15, 0.2) is 12.1 Å². The molecule has 0 amide bonds. The number of aryl methyl sites for hydroxylation is 2. The van der Waals surface area contributed by atoms with Crippen molar-refractivity contribution >= 4 is 21.9 Å². The molecule has 0 radical (unpaired) electrons. The maximum atomic E-state index is 11.0. The number of benzene rings is 1. The summed E-state index contributed by atoms with van der Waals surface area (Å²) >= 11 is 3.30. The summed E-state index contributed by atoms with van der Waals surface area (Å²) in [5, 5.41) is 9.86. The molecular weight excluding hydrogens is 268 g/mol. The van der Waals surface area contributed by atoms with E-state index in [1.807, 2.05) is 12.1 Å². The Morgan fingerprint density at radius 2 is 1.94 bits per heavy atom. The lowest BCUT2D eigenvalue weighted by atomic mass is 9.99. The molecule has 0 aliphatic carbocycles. The maximum Gasteiger partial charge on any atom is 0.336 e. The third-order valence-corrected chi connectivity index (χ3v) is 2.60. The van der Waals surface area contributed by atoms with E-state index < -0.39 is 5.97 Å². The van der Waals surface area contributed by atoms with Gasteiger partial charge in [-0.15, -0.1) is 0 Å². The van der Waals surface area contributed by atoms with Crippen molar-refractivity contribution in [1.29, 1.82) is 0 Å². The molecule has 0 aliphatic rings. The molecule has 1 aromatic rings. The van der Waals surface area contributed by atoms with E-state index in [9.17, 15) is 4.79 Å². The van der Waals surface area contributed by atoms with E-state index in [-0.39, 0.29) is 0 Å². The smallest absolute Gasteiger partial charge is 0.336 e. The number of carboxylic acids is 1. The van der Waals surface area contributed by atoms with Crippen LogP contribution in [0.4, 0.5) is 0 Å². The molecule has 0 unspecified atom stereocenters. The van der Waals surface area contributed by atoms with Crippen molar-refractivity contribution in [1.82, 2.24) is 0 Å². The van der Waals surface area contributed by atoms with Gasteiger partial charge in [0.25, 0.3) is 0 Å². The van der Waals surface area contributed by atoms with Crippen molar-refractivity contribution < 1.29 is 9.90 Å². The molecule has 1 rings (SSSR count). The lowest BCUT2D eigenvalue weighted by molar-refractivity contribution is 0.0695. The molecule has 16 heavy (non-hydrogen) atoms. The van der Waals surface area contributed by atoms with Crippen LogP contribution in [0.25, 0.3) is 0 Å². The van der Waals surface area contributed by atoms with E-state index in [1.165, 1.54) is 0 Å². The first-order chi connectivity index (χ1) is 7.56. The summed E-state index contributed by atoms with van der Waals surface area (Å²) in [7, 11) is 0. The van der Waals surface area contributed by atoms with Crippen molar-refractivity contribution in [3.63, 3.8) is 0 Å². The minimum absolute atomic E-state index is 0.381. The van der Waals surface area contributed by atoms with Crippen LogP contribution in [-0.4, -0.2) is 16.4 Å². The van der Waals surface area contributed by atoms with Gasteiger partial charge in [-0.25, -0.2) is 4.79 Å². The third kappa shape index (κ3) is 3.11. The summed E-state index contributed by atoms with van der Waals surface area (Å²) in [4.78, 5) is 11.0. The first kappa shape index (κ1) is 12.8. The second kappa shape index (κ2) is 5.72. The predicted octanol–water partition coefficient (Wildman–Crippen LogP) is 3.14.